The maximum Gasteiger partial charge on any atom is 0.0465 e. The van der Waals surface area contributed by atoms with Gasteiger partial charge in [0.05, 0.1) is 0 Å². The fraction of sp³-hybridized carbons (Fsp3) is 0.0698. The molecule has 1 aliphatic rings. The SMILES string of the molecule is CC1(C)c2cc(-c3ccc4ccccc4c3)ccc2-c2ccc(N(c3ccccc3)c3ccc(-c4ccccc4)cc3)cc21. The lowest BCUT2D eigenvalue weighted by Gasteiger charge is -2.28. The summed E-state index contributed by atoms with van der Waals surface area (Å²) in [5, 5.41) is 2.55. The summed E-state index contributed by atoms with van der Waals surface area (Å²) in [5.74, 6) is 0. The minimum atomic E-state index is -0.132. The second-order valence-corrected chi connectivity index (χ2v) is 12.3. The van der Waals surface area contributed by atoms with E-state index in [1.54, 1.807) is 0 Å². The Labute approximate surface area is 259 Å². The molecule has 0 unspecified atom stereocenters. The van der Waals surface area contributed by atoms with Crippen molar-refractivity contribution in [3.8, 4) is 33.4 Å². The second kappa shape index (κ2) is 10.4. The van der Waals surface area contributed by atoms with Gasteiger partial charge in [0.1, 0.15) is 0 Å². The van der Waals surface area contributed by atoms with Gasteiger partial charge in [0.15, 0.2) is 0 Å². The van der Waals surface area contributed by atoms with Gasteiger partial charge in [-0.05, 0) is 104 Å². The van der Waals surface area contributed by atoms with Crippen LogP contribution >= 0.6 is 0 Å². The molecule has 0 saturated heterocycles. The van der Waals surface area contributed by atoms with Crippen molar-refractivity contribution >= 4 is 27.8 Å². The van der Waals surface area contributed by atoms with Crippen LogP contribution in [0.4, 0.5) is 17.1 Å². The minimum Gasteiger partial charge on any atom is -0.310 e. The number of fused-ring (bicyclic) bond motifs is 4. The standard InChI is InChI=1S/C43H33N/c1-43(2)41-28-35(34-18-17-31-13-9-10-14-33(31)27-34)21-25-39(41)40-26-24-38(29-42(40)43)44(36-15-7-4-8-16-36)37-22-19-32(20-23-37)30-11-5-3-6-12-30/h3-29H,1-2H3. The van der Waals surface area contributed by atoms with Crippen LogP contribution in [-0.4, -0.2) is 0 Å². The molecular weight excluding hydrogens is 530 g/mol. The molecule has 0 N–H and O–H groups in total. The average molecular weight is 564 g/mol. The topological polar surface area (TPSA) is 3.24 Å². The predicted octanol–water partition coefficient (Wildman–Crippen LogP) is 11.9. The van der Waals surface area contributed by atoms with E-state index >= 15 is 0 Å². The minimum absolute atomic E-state index is 0.132. The van der Waals surface area contributed by atoms with Crippen LogP contribution in [0.3, 0.4) is 0 Å². The van der Waals surface area contributed by atoms with Crippen molar-refractivity contribution < 1.29 is 0 Å². The number of hydrogen-bond donors (Lipinski definition) is 0. The Morgan fingerprint density at radius 2 is 0.864 bits per heavy atom. The highest BCUT2D eigenvalue weighted by molar-refractivity contribution is 5.90. The first-order valence-electron chi connectivity index (χ1n) is 15.4. The van der Waals surface area contributed by atoms with Gasteiger partial charge in [0.2, 0.25) is 0 Å². The maximum atomic E-state index is 2.41. The highest BCUT2D eigenvalue weighted by Crippen LogP contribution is 2.51. The molecule has 210 valence electrons. The molecule has 0 amide bonds. The van der Waals surface area contributed by atoms with Crippen LogP contribution < -0.4 is 4.90 Å². The van der Waals surface area contributed by atoms with Crippen molar-refractivity contribution in [2.24, 2.45) is 0 Å². The van der Waals surface area contributed by atoms with E-state index in [2.05, 4.69) is 183 Å². The molecule has 1 heteroatoms. The normalized spacial score (nSPS) is 13.0. The summed E-state index contributed by atoms with van der Waals surface area (Å²) >= 11 is 0. The summed E-state index contributed by atoms with van der Waals surface area (Å²) in [5.41, 5.74) is 13.7. The van der Waals surface area contributed by atoms with Crippen LogP contribution in [0.1, 0.15) is 25.0 Å². The van der Waals surface area contributed by atoms with Crippen molar-refractivity contribution in [3.05, 3.63) is 175 Å². The number of para-hydroxylation sites is 1. The van der Waals surface area contributed by atoms with Gasteiger partial charge in [0, 0.05) is 22.5 Å². The summed E-state index contributed by atoms with van der Waals surface area (Å²) < 4.78 is 0. The number of hydrogen-bond acceptors (Lipinski definition) is 1. The van der Waals surface area contributed by atoms with E-state index in [-0.39, 0.29) is 5.41 Å². The number of nitrogens with zero attached hydrogens (tertiary/aromatic N) is 1. The van der Waals surface area contributed by atoms with Crippen molar-refractivity contribution in [2.75, 3.05) is 4.90 Å². The quantitative estimate of drug-likeness (QED) is 0.201. The third-order valence-electron chi connectivity index (χ3n) is 9.25. The predicted molar refractivity (Wildman–Crippen MR) is 187 cm³/mol. The van der Waals surface area contributed by atoms with E-state index in [1.165, 1.54) is 55.3 Å². The molecule has 7 aromatic carbocycles. The molecule has 1 aliphatic carbocycles. The van der Waals surface area contributed by atoms with Gasteiger partial charge in [-0.25, -0.2) is 0 Å². The lowest BCUT2D eigenvalue weighted by atomic mass is 9.81. The van der Waals surface area contributed by atoms with Crippen molar-refractivity contribution in [1.82, 2.24) is 0 Å². The summed E-state index contributed by atoms with van der Waals surface area (Å²) in [4.78, 5) is 2.37. The molecule has 7 aromatic rings. The zero-order valence-electron chi connectivity index (χ0n) is 25.0. The zero-order valence-corrected chi connectivity index (χ0v) is 25.0. The summed E-state index contributed by atoms with van der Waals surface area (Å²) in [6.45, 7) is 4.74. The molecule has 1 nitrogen and oxygen atoms in total. The number of rotatable bonds is 5. The molecule has 0 aliphatic heterocycles. The largest absolute Gasteiger partial charge is 0.310 e. The first kappa shape index (κ1) is 26.2. The maximum absolute atomic E-state index is 2.41. The molecule has 0 aromatic heterocycles. The molecule has 44 heavy (non-hydrogen) atoms. The Morgan fingerprint density at radius 3 is 1.61 bits per heavy atom. The first-order chi connectivity index (χ1) is 21.6. The Bertz CT molecular complexity index is 2120. The molecule has 8 rings (SSSR count). The van der Waals surface area contributed by atoms with Crippen LogP contribution in [0.5, 0.6) is 0 Å². The summed E-state index contributed by atoms with van der Waals surface area (Å²) in [6.07, 6.45) is 0. The van der Waals surface area contributed by atoms with Crippen LogP contribution in [-0.2, 0) is 5.41 Å². The molecule has 0 saturated carbocycles. The molecule has 0 bridgehead atoms. The number of anilines is 3. The van der Waals surface area contributed by atoms with E-state index in [4.69, 9.17) is 0 Å². The van der Waals surface area contributed by atoms with E-state index in [0.717, 1.165) is 17.1 Å². The van der Waals surface area contributed by atoms with Gasteiger partial charge in [0.25, 0.3) is 0 Å². The molecule has 0 radical (unpaired) electrons. The monoisotopic (exact) mass is 563 g/mol. The molecule has 0 atom stereocenters. The lowest BCUT2D eigenvalue weighted by Crippen LogP contribution is -2.16. The van der Waals surface area contributed by atoms with Gasteiger partial charge in [-0.15, -0.1) is 0 Å². The lowest BCUT2D eigenvalue weighted by molar-refractivity contribution is 0.660. The van der Waals surface area contributed by atoms with E-state index in [1.807, 2.05) is 0 Å². The Kier molecular flexibility index (Phi) is 6.20. The first-order valence-corrected chi connectivity index (χ1v) is 15.4. The molecular formula is C43H33N. The van der Waals surface area contributed by atoms with Crippen LogP contribution in [0.15, 0.2) is 164 Å². The van der Waals surface area contributed by atoms with E-state index in [9.17, 15) is 0 Å². The van der Waals surface area contributed by atoms with Gasteiger partial charge in [-0.2, -0.15) is 0 Å². The smallest absolute Gasteiger partial charge is 0.0465 e. The highest BCUT2D eigenvalue weighted by atomic mass is 15.1. The Balaban J connectivity index is 1.20. The molecule has 0 heterocycles. The zero-order chi connectivity index (χ0) is 29.7. The third kappa shape index (κ3) is 4.41. The summed E-state index contributed by atoms with van der Waals surface area (Å²) in [7, 11) is 0. The van der Waals surface area contributed by atoms with Crippen LogP contribution in [0, 0.1) is 0 Å². The van der Waals surface area contributed by atoms with Gasteiger partial charge < -0.3 is 4.90 Å². The molecule has 0 fully saturated rings. The average Bonchev–Trinajstić information content (AvgIpc) is 3.31. The van der Waals surface area contributed by atoms with Crippen molar-refractivity contribution in [2.45, 2.75) is 19.3 Å². The van der Waals surface area contributed by atoms with Gasteiger partial charge in [-0.3, -0.25) is 0 Å². The molecule has 0 spiro atoms. The second-order valence-electron chi connectivity index (χ2n) is 12.3. The van der Waals surface area contributed by atoms with Crippen LogP contribution in [0.2, 0.25) is 0 Å². The Hall–Kier alpha value is -5.40. The number of benzene rings is 7. The third-order valence-corrected chi connectivity index (χ3v) is 9.25. The Morgan fingerprint density at radius 1 is 0.364 bits per heavy atom. The van der Waals surface area contributed by atoms with Gasteiger partial charge in [-0.1, -0.05) is 129 Å². The van der Waals surface area contributed by atoms with E-state index in [0.29, 0.717) is 0 Å². The van der Waals surface area contributed by atoms with Gasteiger partial charge >= 0.3 is 0 Å². The van der Waals surface area contributed by atoms with Crippen molar-refractivity contribution in [3.63, 3.8) is 0 Å². The fourth-order valence-electron chi connectivity index (χ4n) is 6.87. The van der Waals surface area contributed by atoms with E-state index < -0.39 is 0 Å². The van der Waals surface area contributed by atoms with Crippen LogP contribution in [0.25, 0.3) is 44.2 Å². The summed E-state index contributed by atoms with van der Waals surface area (Å²) in [6, 6.07) is 59.6. The van der Waals surface area contributed by atoms with Crippen molar-refractivity contribution in [1.29, 1.82) is 0 Å². The fourth-order valence-corrected chi connectivity index (χ4v) is 6.87. The highest BCUT2D eigenvalue weighted by Gasteiger charge is 2.36.